The van der Waals surface area contributed by atoms with Crippen LogP contribution in [-0.4, -0.2) is 17.0 Å². The van der Waals surface area contributed by atoms with Gasteiger partial charge >= 0.3 is 11.9 Å². The Kier molecular flexibility index (Phi) is 8.37. The van der Waals surface area contributed by atoms with E-state index in [2.05, 4.69) is 56.3 Å². The largest absolute Gasteiger partial charge is 0.478 e. The molecule has 0 aliphatic heterocycles. The zero-order chi connectivity index (χ0) is 25.5. The summed E-state index contributed by atoms with van der Waals surface area (Å²) in [7, 11) is 0. The molecule has 2 aliphatic rings. The number of carboxylic acid groups (broad SMARTS) is 1. The third kappa shape index (κ3) is 6.51. The van der Waals surface area contributed by atoms with Crippen molar-refractivity contribution >= 4 is 18.0 Å². The quantitative estimate of drug-likeness (QED) is 0.366. The number of carboxylic acids is 1. The Morgan fingerprint density at radius 2 is 1.64 bits per heavy atom. The highest BCUT2D eigenvalue weighted by Crippen LogP contribution is 2.40. The number of benzene rings is 3. The normalized spacial score (nSPS) is 17.2. The Hall–Kier alpha value is -3.66. The lowest BCUT2D eigenvalue weighted by molar-refractivity contribution is -0.152. The van der Waals surface area contributed by atoms with E-state index in [4.69, 9.17) is 9.84 Å². The molecule has 0 saturated heterocycles. The number of esters is 1. The number of hydrogen-bond donors (Lipinski definition) is 1. The molecule has 3 aromatic carbocycles. The van der Waals surface area contributed by atoms with E-state index < -0.39 is 5.97 Å². The van der Waals surface area contributed by atoms with Crippen LogP contribution in [0, 0.1) is 11.8 Å². The highest BCUT2D eigenvalue weighted by atomic mass is 16.5. The number of allylic oxidation sites excluding steroid dienone is 1. The molecule has 2 atom stereocenters. The van der Waals surface area contributed by atoms with E-state index in [1.165, 1.54) is 16.7 Å². The lowest BCUT2D eigenvalue weighted by Gasteiger charge is -2.21. The molecule has 2 aliphatic carbocycles. The number of hydrogen-bond acceptors (Lipinski definition) is 3. The number of fused-ring (bicyclic) bond motifs is 2. The molecule has 36 heavy (non-hydrogen) atoms. The molecule has 0 heterocycles. The van der Waals surface area contributed by atoms with Crippen molar-refractivity contribution in [3.8, 4) is 0 Å². The average Bonchev–Trinajstić information content (AvgIpc) is 3.48. The fourth-order valence-electron chi connectivity index (χ4n) is 4.87. The van der Waals surface area contributed by atoms with Crippen molar-refractivity contribution < 1.29 is 19.4 Å². The topological polar surface area (TPSA) is 63.6 Å². The predicted octanol–water partition coefficient (Wildman–Crippen LogP) is 7.08. The van der Waals surface area contributed by atoms with Crippen LogP contribution in [0.2, 0.25) is 0 Å². The number of carbonyl (C=O) groups is 2. The summed E-state index contributed by atoms with van der Waals surface area (Å²) in [6.07, 6.45) is 8.14. The summed E-state index contributed by atoms with van der Waals surface area (Å²) in [5.41, 5.74) is 6.51. The lowest BCUT2D eigenvalue weighted by Crippen LogP contribution is -2.18. The number of rotatable bonds is 7. The van der Waals surface area contributed by atoms with Gasteiger partial charge in [-0.3, -0.25) is 4.79 Å². The van der Waals surface area contributed by atoms with Gasteiger partial charge in [-0.2, -0.15) is 0 Å². The molecule has 0 spiro atoms. The molecule has 0 unspecified atom stereocenters. The monoisotopic (exact) mass is 482 g/mol. The van der Waals surface area contributed by atoms with Gasteiger partial charge < -0.3 is 9.84 Å². The van der Waals surface area contributed by atoms with Gasteiger partial charge in [0, 0.05) is 12.3 Å². The minimum Gasteiger partial charge on any atom is -0.478 e. The van der Waals surface area contributed by atoms with Crippen LogP contribution in [0.3, 0.4) is 0 Å². The van der Waals surface area contributed by atoms with Crippen LogP contribution in [-0.2, 0) is 28.8 Å². The van der Waals surface area contributed by atoms with Crippen LogP contribution >= 0.6 is 0 Å². The summed E-state index contributed by atoms with van der Waals surface area (Å²) < 4.78 is 5.90. The van der Waals surface area contributed by atoms with Gasteiger partial charge in [0.15, 0.2) is 0 Å². The van der Waals surface area contributed by atoms with E-state index >= 15 is 0 Å². The van der Waals surface area contributed by atoms with Gasteiger partial charge in [0.05, 0.1) is 5.56 Å². The summed E-state index contributed by atoms with van der Waals surface area (Å²) >= 11 is 0. The van der Waals surface area contributed by atoms with Crippen LogP contribution in [0.1, 0.15) is 71.0 Å². The fourth-order valence-corrected chi connectivity index (χ4v) is 4.87. The van der Waals surface area contributed by atoms with Crippen molar-refractivity contribution in [2.24, 2.45) is 11.8 Å². The molecule has 4 heteroatoms. The molecule has 0 aromatic heterocycles. The second-order valence-electron chi connectivity index (χ2n) is 10.0. The van der Waals surface area contributed by atoms with Crippen molar-refractivity contribution in [1.29, 1.82) is 0 Å². The molecule has 0 bridgehead atoms. The van der Waals surface area contributed by atoms with Crippen molar-refractivity contribution in [1.82, 2.24) is 0 Å². The Morgan fingerprint density at radius 1 is 0.944 bits per heavy atom. The lowest BCUT2D eigenvalue weighted by atomic mass is 9.94. The maximum Gasteiger partial charge on any atom is 0.335 e. The Balaban J connectivity index is 0.000000280. The second kappa shape index (κ2) is 11.9. The summed E-state index contributed by atoms with van der Waals surface area (Å²) in [6, 6.07) is 23.6. The third-order valence-corrected chi connectivity index (χ3v) is 6.85. The second-order valence-corrected chi connectivity index (χ2v) is 10.0. The van der Waals surface area contributed by atoms with E-state index in [9.17, 15) is 9.59 Å². The van der Waals surface area contributed by atoms with Crippen molar-refractivity contribution in [3.63, 3.8) is 0 Å². The van der Waals surface area contributed by atoms with Gasteiger partial charge in [-0.1, -0.05) is 86.7 Å². The van der Waals surface area contributed by atoms with Crippen LogP contribution in [0.25, 0.3) is 6.08 Å². The van der Waals surface area contributed by atoms with Gasteiger partial charge in [0.25, 0.3) is 0 Å². The zero-order valence-electron chi connectivity index (χ0n) is 21.0. The van der Waals surface area contributed by atoms with Gasteiger partial charge in [-0.25, -0.2) is 4.79 Å². The summed E-state index contributed by atoms with van der Waals surface area (Å²) in [4.78, 5) is 23.4. The molecule has 0 saturated carbocycles. The first-order valence-corrected chi connectivity index (χ1v) is 12.7. The molecule has 3 aromatic rings. The van der Waals surface area contributed by atoms with Crippen molar-refractivity contribution in [2.45, 2.75) is 52.1 Å². The Bertz CT molecular complexity index is 1220. The zero-order valence-corrected chi connectivity index (χ0v) is 21.0. The molecular formula is C32H34O4. The number of ether oxygens (including phenoxy) is 1. The SMILES string of the molecule is C1=Cc2ccccc2C1.CC(C)CCC(=O)O[C@H]1c2ccccc2C[C@H]1Cc1ccc(C(=O)O)cc1. The molecule has 0 amide bonds. The molecule has 5 rings (SSSR count). The maximum atomic E-state index is 12.3. The van der Waals surface area contributed by atoms with Gasteiger partial charge in [-0.15, -0.1) is 0 Å². The molecule has 0 radical (unpaired) electrons. The van der Waals surface area contributed by atoms with Crippen molar-refractivity contribution in [2.75, 3.05) is 0 Å². The van der Waals surface area contributed by atoms with Gasteiger partial charge in [0.1, 0.15) is 6.10 Å². The fraction of sp³-hybridized carbons (Fsp3) is 0.312. The highest BCUT2D eigenvalue weighted by Gasteiger charge is 2.35. The van der Waals surface area contributed by atoms with Gasteiger partial charge in [0.2, 0.25) is 0 Å². The first-order chi connectivity index (χ1) is 17.4. The smallest absolute Gasteiger partial charge is 0.335 e. The predicted molar refractivity (Wildman–Crippen MR) is 143 cm³/mol. The summed E-state index contributed by atoms with van der Waals surface area (Å²) in [5.74, 6) is -0.429. The number of carbonyl (C=O) groups excluding carboxylic acids is 1. The molecule has 4 nitrogen and oxygen atoms in total. The van der Waals surface area contributed by atoms with Crippen LogP contribution < -0.4 is 0 Å². The Labute approximate surface area is 213 Å². The highest BCUT2D eigenvalue weighted by molar-refractivity contribution is 5.87. The minimum absolute atomic E-state index is 0.142. The van der Waals surface area contributed by atoms with E-state index in [0.717, 1.165) is 36.8 Å². The third-order valence-electron chi connectivity index (χ3n) is 6.85. The van der Waals surface area contributed by atoms with Crippen LogP contribution in [0.15, 0.2) is 78.9 Å². The van der Waals surface area contributed by atoms with E-state index in [1.54, 1.807) is 12.1 Å². The van der Waals surface area contributed by atoms with E-state index in [-0.39, 0.29) is 23.6 Å². The number of aromatic carboxylic acids is 1. The molecule has 1 N–H and O–H groups in total. The molecule has 0 fully saturated rings. The average molecular weight is 483 g/mol. The van der Waals surface area contributed by atoms with Gasteiger partial charge in [-0.05, 0) is 71.6 Å². The standard InChI is InChI=1S/C23H26O4.C9H8/c1-15(2)7-12-21(24)27-22-19(14-18-5-3-4-6-20(18)22)13-16-8-10-17(11-9-16)23(25)26;1-2-5-9-7-3-6-8(9)4-1/h3-6,8-11,15,19,22H,7,12-14H2,1-2H3,(H,25,26);1-6H,7H2/t19-,22-;/m1./s1. The summed E-state index contributed by atoms with van der Waals surface area (Å²) in [6.45, 7) is 4.20. The molecule has 186 valence electrons. The first-order valence-electron chi connectivity index (χ1n) is 12.7. The van der Waals surface area contributed by atoms with Crippen LogP contribution in [0.5, 0.6) is 0 Å². The van der Waals surface area contributed by atoms with Crippen molar-refractivity contribution in [3.05, 3.63) is 112 Å². The summed E-state index contributed by atoms with van der Waals surface area (Å²) in [5, 5.41) is 9.05. The van der Waals surface area contributed by atoms with Crippen LogP contribution in [0.4, 0.5) is 0 Å². The molecular weight excluding hydrogens is 448 g/mol. The minimum atomic E-state index is -0.924. The maximum absolute atomic E-state index is 12.3. The Morgan fingerprint density at radius 3 is 2.33 bits per heavy atom. The van der Waals surface area contributed by atoms with E-state index in [0.29, 0.717) is 12.3 Å². The van der Waals surface area contributed by atoms with E-state index in [1.807, 2.05) is 30.3 Å². The first kappa shape index (κ1) is 25.4.